The van der Waals surface area contributed by atoms with Crippen molar-refractivity contribution in [1.82, 2.24) is 9.47 Å². The summed E-state index contributed by atoms with van der Waals surface area (Å²) in [7, 11) is 0. The van der Waals surface area contributed by atoms with Gasteiger partial charge in [0.25, 0.3) is 11.5 Å². The molecular formula is C25H23Cl2N3O3. The molecule has 0 radical (unpaired) electrons. The predicted molar refractivity (Wildman–Crippen MR) is 130 cm³/mol. The van der Waals surface area contributed by atoms with Gasteiger partial charge in [-0.1, -0.05) is 41.4 Å². The summed E-state index contributed by atoms with van der Waals surface area (Å²) in [5.41, 5.74) is 1.69. The molecule has 2 heterocycles. The quantitative estimate of drug-likeness (QED) is 0.571. The molecule has 2 aromatic carbocycles. The SMILES string of the molecule is O=C(Nc1ccc(=O)n(Cc2ccccc2Cl)c1)C1CCCN(C(=O)c2ccc(Cl)cc2)C1. The molecule has 0 spiro atoms. The second-order valence-electron chi connectivity index (χ2n) is 8.06. The van der Waals surface area contributed by atoms with Crippen LogP contribution in [0.2, 0.25) is 10.0 Å². The molecule has 4 rings (SSSR count). The molecule has 170 valence electrons. The van der Waals surface area contributed by atoms with Crippen LogP contribution in [0.5, 0.6) is 0 Å². The van der Waals surface area contributed by atoms with Gasteiger partial charge in [0.05, 0.1) is 18.2 Å². The highest BCUT2D eigenvalue weighted by atomic mass is 35.5. The minimum Gasteiger partial charge on any atom is -0.338 e. The molecule has 33 heavy (non-hydrogen) atoms. The van der Waals surface area contributed by atoms with Gasteiger partial charge in [-0.2, -0.15) is 0 Å². The van der Waals surface area contributed by atoms with Crippen LogP contribution < -0.4 is 10.9 Å². The van der Waals surface area contributed by atoms with E-state index >= 15 is 0 Å². The summed E-state index contributed by atoms with van der Waals surface area (Å²) in [4.78, 5) is 39.8. The number of hydrogen-bond donors (Lipinski definition) is 1. The second kappa shape index (κ2) is 10.2. The third-order valence-corrected chi connectivity index (χ3v) is 6.34. The van der Waals surface area contributed by atoms with Gasteiger partial charge in [0.15, 0.2) is 0 Å². The fraction of sp³-hybridized carbons (Fsp3) is 0.240. The Morgan fingerprint density at radius 1 is 1.00 bits per heavy atom. The fourth-order valence-corrected chi connectivity index (χ4v) is 4.26. The van der Waals surface area contributed by atoms with Gasteiger partial charge in [-0.25, -0.2) is 0 Å². The third-order valence-electron chi connectivity index (χ3n) is 5.72. The number of likely N-dealkylation sites (tertiary alicyclic amines) is 1. The molecule has 2 amide bonds. The standard InChI is InChI=1S/C25H23Cl2N3O3/c26-20-9-7-17(8-10-20)25(33)29-13-3-5-19(15-29)24(32)28-21-11-12-23(31)30(16-21)14-18-4-1-2-6-22(18)27/h1-2,4,6-12,16,19H,3,5,13-15H2,(H,28,32). The molecule has 0 saturated carbocycles. The Morgan fingerprint density at radius 2 is 1.76 bits per heavy atom. The number of nitrogens with zero attached hydrogens (tertiary/aromatic N) is 2. The van der Waals surface area contributed by atoms with Crippen molar-refractivity contribution in [3.8, 4) is 0 Å². The van der Waals surface area contributed by atoms with E-state index in [1.165, 1.54) is 10.6 Å². The zero-order valence-corrected chi connectivity index (χ0v) is 19.4. The van der Waals surface area contributed by atoms with Crippen LogP contribution in [0, 0.1) is 5.92 Å². The lowest BCUT2D eigenvalue weighted by atomic mass is 9.96. The maximum atomic E-state index is 13.0. The summed E-state index contributed by atoms with van der Waals surface area (Å²) in [6.07, 6.45) is 3.04. The van der Waals surface area contributed by atoms with E-state index in [2.05, 4.69) is 5.32 Å². The van der Waals surface area contributed by atoms with E-state index in [1.807, 2.05) is 18.2 Å². The molecule has 0 aliphatic carbocycles. The van der Waals surface area contributed by atoms with Crippen LogP contribution in [-0.4, -0.2) is 34.4 Å². The minimum atomic E-state index is -0.334. The van der Waals surface area contributed by atoms with Gasteiger partial charge in [-0.15, -0.1) is 0 Å². The number of benzene rings is 2. The van der Waals surface area contributed by atoms with E-state index in [1.54, 1.807) is 47.5 Å². The van der Waals surface area contributed by atoms with Crippen LogP contribution in [0.25, 0.3) is 0 Å². The highest BCUT2D eigenvalue weighted by Crippen LogP contribution is 2.22. The maximum Gasteiger partial charge on any atom is 0.253 e. The lowest BCUT2D eigenvalue weighted by Gasteiger charge is -2.32. The summed E-state index contributed by atoms with van der Waals surface area (Å²) >= 11 is 12.1. The van der Waals surface area contributed by atoms with Crippen molar-refractivity contribution in [2.45, 2.75) is 19.4 Å². The molecule has 1 N–H and O–H groups in total. The normalized spacial score (nSPS) is 15.8. The first-order valence-electron chi connectivity index (χ1n) is 10.7. The zero-order valence-electron chi connectivity index (χ0n) is 17.8. The first kappa shape index (κ1) is 23.1. The Balaban J connectivity index is 1.43. The number of halogens is 2. The van der Waals surface area contributed by atoms with Crippen molar-refractivity contribution in [3.05, 3.63) is 98.4 Å². The van der Waals surface area contributed by atoms with Crippen molar-refractivity contribution in [1.29, 1.82) is 0 Å². The number of piperidine rings is 1. The lowest BCUT2D eigenvalue weighted by Crippen LogP contribution is -2.43. The molecule has 3 aromatic rings. The summed E-state index contributed by atoms with van der Waals surface area (Å²) in [5, 5.41) is 4.04. The summed E-state index contributed by atoms with van der Waals surface area (Å²) in [6.45, 7) is 1.25. The van der Waals surface area contributed by atoms with Gasteiger partial charge in [-0.3, -0.25) is 14.4 Å². The molecule has 1 unspecified atom stereocenters. The van der Waals surface area contributed by atoms with Crippen LogP contribution in [0.3, 0.4) is 0 Å². The topological polar surface area (TPSA) is 71.4 Å². The largest absolute Gasteiger partial charge is 0.338 e. The number of aromatic nitrogens is 1. The average Bonchev–Trinajstić information content (AvgIpc) is 2.82. The van der Waals surface area contributed by atoms with Crippen molar-refractivity contribution in [3.63, 3.8) is 0 Å². The van der Waals surface area contributed by atoms with Gasteiger partial charge < -0.3 is 14.8 Å². The van der Waals surface area contributed by atoms with Crippen LogP contribution in [0.4, 0.5) is 5.69 Å². The van der Waals surface area contributed by atoms with E-state index in [0.717, 1.165) is 12.0 Å². The number of pyridine rings is 1. The number of hydrogen-bond acceptors (Lipinski definition) is 3. The number of nitrogens with one attached hydrogen (secondary N) is 1. The van der Waals surface area contributed by atoms with Crippen molar-refractivity contribution in [2.75, 3.05) is 18.4 Å². The first-order valence-corrected chi connectivity index (χ1v) is 11.5. The van der Waals surface area contributed by atoms with E-state index < -0.39 is 0 Å². The van der Waals surface area contributed by atoms with Gasteiger partial charge in [0.2, 0.25) is 5.91 Å². The molecule has 1 fully saturated rings. The molecular weight excluding hydrogens is 461 g/mol. The van der Waals surface area contributed by atoms with E-state index in [-0.39, 0.29) is 23.3 Å². The second-order valence-corrected chi connectivity index (χ2v) is 8.91. The Morgan fingerprint density at radius 3 is 2.52 bits per heavy atom. The number of rotatable bonds is 5. The smallest absolute Gasteiger partial charge is 0.253 e. The molecule has 1 aliphatic heterocycles. The third kappa shape index (κ3) is 5.64. The Labute approximate surface area is 201 Å². The Kier molecular flexibility index (Phi) is 7.16. The highest BCUT2D eigenvalue weighted by molar-refractivity contribution is 6.31. The number of carbonyl (C=O) groups is 2. The van der Waals surface area contributed by atoms with E-state index in [0.29, 0.717) is 47.4 Å². The summed E-state index contributed by atoms with van der Waals surface area (Å²) in [6, 6.07) is 17.1. The Bertz CT molecular complexity index is 1220. The number of carbonyl (C=O) groups excluding carboxylic acids is 2. The predicted octanol–water partition coefficient (Wildman–Crippen LogP) is 4.69. The van der Waals surface area contributed by atoms with Crippen molar-refractivity contribution in [2.24, 2.45) is 5.92 Å². The molecule has 1 aromatic heterocycles. The molecule has 6 nitrogen and oxygen atoms in total. The maximum absolute atomic E-state index is 13.0. The molecule has 1 saturated heterocycles. The lowest BCUT2D eigenvalue weighted by molar-refractivity contribution is -0.121. The van der Waals surface area contributed by atoms with E-state index in [9.17, 15) is 14.4 Å². The van der Waals surface area contributed by atoms with E-state index in [4.69, 9.17) is 23.2 Å². The van der Waals surface area contributed by atoms with Gasteiger partial charge in [0, 0.05) is 41.0 Å². The Hall–Kier alpha value is -3.09. The molecule has 8 heteroatoms. The molecule has 0 bridgehead atoms. The van der Waals surface area contributed by atoms with Crippen LogP contribution in [0.1, 0.15) is 28.8 Å². The zero-order chi connectivity index (χ0) is 23.4. The van der Waals surface area contributed by atoms with Gasteiger partial charge in [-0.05, 0) is 54.8 Å². The van der Waals surface area contributed by atoms with Gasteiger partial charge >= 0.3 is 0 Å². The average molecular weight is 484 g/mol. The van der Waals surface area contributed by atoms with Gasteiger partial charge in [0.1, 0.15) is 0 Å². The van der Waals surface area contributed by atoms with Crippen LogP contribution in [0.15, 0.2) is 71.7 Å². The number of anilines is 1. The monoisotopic (exact) mass is 483 g/mol. The van der Waals surface area contributed by atoms with Crippen molar-refractivity contribution >= 4 is 40.7 Å². The first-order chi connectivity index (χ1) is 15.9. The van der Waals surface area contributed by atoms with Crippen LogP contribution >= 0.6 is 23.2 Å². The van der Waals surface area contributed by atoms with Crippen LogP contribution in [-0.2, 0) is 11.3 Å². The molecule has 1 atom stereocenters. The minimum absolute atomic E-state index is 0.113. The summed E-state index contributed by atoms with van der Waals surface area (Å²) in [5.74, 6) is -0.622. The summed E-state index contributed by atoms with van der Waals surface area (Å²) < 4.78 is 1.51. The highest BCUT2D eigenvalue weighted by Gasteiger charge is 2.29. The van der Waals surface area contributed by atoms with Crippen molar-refractivity contribution < 1.29 is 9.59 Å². The fourth-order valence-electron chi connectivity index (χ4n) is 3.93. The number of amides is 2. The molecule has 1 aliphatic rings.